The van der Waals surface area contributed by atoms with Crippen LogP contribution in [0.25, 0.3) is 70.8 Å². The summed E-state index contributed by atoms with van der Waals surface area (Å²) in [5.74, 6) is 0.967. The summed E-state index contributed by atoms with van der Waals surface area (Å²) in [4.78, 5) is 0. The molecule has 2 heterocycles. The molecule has 0 unspecified atom stereocenters. The van der Waals surface area contributed by atoms with E-state index in [0.29, 0.717) is 17.4 Å². The molecule has 0 aliphatic carbocycles. The van der Waals surface area contributed by atoms with Gasteiger partial charge in [0, 0.05) is 21.5 Å². The van der Waals surface area contributed by atoms with Crippen LogP contribution in [0.15, 0.2) is 84.9 Å². The van der Waals surface area contributed by atoms with Crippen molar-refractivity contribution < 1.29 is 0 Å². The second-order valence-electron chi connectivity index (χ2n) is 13.1. The van der Waals surface area contributed by atoms with Gasteiger partial charge >= 0.3 is 0 Å². The van der Waals surface area contributed by atoms with E-state index in [-0.39, 0.29) is 0 Å². The summed E-state index contributed by atoms with van der Waals surface area (Å²) < 4.78 is 2.50. The molecule has 0 bridgehead atoms. The van der Waals surface area contributed by atoms with Crippen LogP contribution in [-0.4, -0.2) is 4.40 Å². The molecule has 2 nitrogen and oxygen atoms in total. The van der Waals surface area contributed by atoms with Crippen LogP contribution in [0.1, 0.15) is 67.3 Å². The van der Waals surface area contributed by atoms with Gasteiger partial charge in [0.25, 0.3) is 0 Å². The zero-order valence-electron chi connectivity index (χ0n) is 25.6. The Bertz CT molecular complexity index is 2320. The van der Waals surface area contributed by atoms with Gasteiger partial charge in [0.15, 0.2) is 0 Å². The first kappa shape index (κ1) is 25.8. The molecule has 43 heavy (non-hydrogen) atoms. The molecule has 8 rings (SSSR count). The second-order valence-corrected chi connectivity index (χ2v) is 13.1. The van der Waals surface area contributed by atoms with Gasteiger partial charge < -0.3 is 4.40 Å². The van der Waals surface area contributed by atoms with Crippen LogP contribution in [0.2, 0.25) is 0 Å². The fourth-order valence-electron chi connectivity index (χ4n) is 7.41. The number of aryl methyl sites for hydroxylation is 2. The summed E-state index contributed by atoms with van der Waals surface area (Å²) in [5.41, 5.74) is 11.9. The topological polar surface area (TPSA) is 28.2 Å². The number of hydrogen-bond donors (Lipinski definition) is 0. The predicted molar refractivity (Wildman–Crippen MR) is 184 cm³/mol. The van der Waals surface area contributed by atoms with Crippen molar-refractivity contribution in [2.75, 3.05) is 0 Å². The van der Waals surface area contributed by atoms with Gasteiger partial charge in [-0.3, -0.25) is 0 Å². The summed E-state index contributed by atoms with van der Waals surface area (Å²) in [5, 5.41) is 19.9. The van der Waals surface area contributed by atoms with Crippen molar-refractivity contribution in [3.8, 4) is 17.2 Å². The lowest BCUT2D eigenvalue weighted by molar-refractivity contribution is 0.869. The first-order valence-corrected chi connectivity index (χ1v) is 15.4. The van der Waals surface area contributed by atoms with E-state index in [1.54, 1.807) is 0 Å². The molecule has 0 N–H and O–H groups in total. The van der Waals surface area contributed by atoms with Gasteiger partial charge in [0.2, 0.25) is 0 Å². The monoisotopic (exact) mass is 554 g/mol. The SMILES string of the molecule is Cc1cc(C#N)cc(C)c1-c1cc2c3cc4cc(C(C)C)ccc4cc3n3c4cc5ccc(C(C)C)cc5cc4c(c1)c23. The van der Waals surface area contributed by atoms with Crippen molar-refractivity contribution in [1.29, 1.82) is 5.26 Å². The van der Waals surface area contributed by atoms with Gasteiger partial charge in [0.1, 0.15) is 0 Å². The van der Waals surface area contributed by atoms with Crippen LogP contribution in [0.3, 0.4) is 0 Å². The molecule has 0 aliphatic heterocycles. The summed E-state index contributed by atoms with van der Waals surface area (Å²) in [7, 11) is 0. The van der Waals surface area contributed by atoms with E-state index in [0.717, 1.165) is 11.1 Å². The summed E-state index contributed by atoms with van der Waals surface area (Å²) in [6.45, 7) is 13.3. The quantitative estimate of drug-likeness (QED) is 0.213. The highest BCUT2D eigenvalue weighted by Gasteiger charge is 2.21. The normalized spacial score (nSPS) is 12.3. The minimum Gasteiger partial charge on any atom is -0.308 e. The number of aromatic nitrogens is 1. The zero-order chi connectivity index (χ0) is 29.7. The Morgan fingerprint density at radius 2 is 1.05 bits per heavy atom. The molecule has 8 aromatic rings. The van der Waals surface area contributed by atoms with Gasteiger partial charge in [-0.25, -0.2) is 0 Å². The van der Waals surface area contributed by atoms with Crippen LogP contribution in [0.5, 0.6) is 0 Å². The van der Waals surface area contributed by atoms with Crippen molar-refractivity contribution in [3.05, 3.63) is 113 Å². The Labute approximate surface area is 252 Å². The second kappa shape index (κ2) is 9.06. The number of nitriles is 1. The third-order valence-electron chi connectivity index (χ3n) is 9.64. The van der Waals surface area contributed by atoms with Crippen molar-refractivity contribution in [2.24, 2.45) is 0 Å². The molecule has 0 saturated carbocycles. The molecule has 2 heteroatoms. The van der Waals surface area contributed by atoms with E-state index in [1.165, 1.54) is 81.9 Å². The van der Waals surface area contributed by atoms with Gasteiger partial charge in [-0.15, -0.1) is 0 Å². The Balaban J connectivity index is 1.55. The number of rotatable bonds is 3. The van der Waals surface area contributed by atoms with E-state index in [1.807, 2.05) is 12.1 Å². The van der Waals surface area contributed by atoms with Gasteiger partial charge in [-0.05, 0) is 129 Å². The van der Waals surface area contributed by atoms with E-state index in [2.05, 4.69) is 125 Å². The predicted octanol–water partition coefficient (Wildman–Crippen LogP) is 11.5. The average molecular weight is 555 g/mol. The molecule has 208 valence electrons. The van der Waals surface area contributed by atoms with Crippen molar-refractivity contribution >= 4 is 59.6 Å². The van der Waals surface area contributed by atoms with Gasteiger partial charge in [0.05, 0.1) is 28.2 Å². The smallest absolute Gasteiger partial charge is 0.0991 e. The molecule has 0 radical (unpaired) electrons. The van der Waals surface area contributed by atoms with Crippen LogP contribution in [-0.2, 0) is 0 Å². The van der Waals surface area contributed by atoms with Crippen molar-refractivity contribution in [2.45, 2.75) is 53.4 Å². The largest absolute Gasteiger partial charge is 0.308 e. The molecule has 6 aromatic carbocycles. The molecule has 0 fully saturated rings. The van der Waals surface area contributed by atoms with Crippen LogP contribution >= 0.6 is 0 Å². The highest BCUT2D eigenvalue weighted by Crippen LogP contribution is 2.45. The lowest BCUT2D eigenvalue weighted by atomic mass is 9.91. The molecule has 0 aliphatic rings. The average Bonchev–Trinajstić information content (AvgIpc) is 3.47. The maximum absolute atomic E-state index is 9.61. The number of hydrogen-bond acceptors (Lipinski definition) is 1. The first-order valence-electron chi connectivity index (χ1n) is 15.4. The molecule has 0 spiro atoms. The standard InChI is InChI=1S/C41H34N2/c1-22(2)27-7-9-29-19-38-34(15-31(29)13-27)36-17-33(40-24(5)11-26(21-42)12-25(40)6)18-37-35-16-32-14-28(23(3)4)8-10-30(32)20-39(35)43(38)41(36)37/h7-20,22-23H,1-6H3. The van der Waals surface area contributed by atoms with E-state index in [9.17, 15) is 5.26 Å². The Morgan fingerprint density at radius 1 is 0.558 bits per heavy atom. The number of benzene rings is 6. The van der Waals surface area contributed by atoms with Gasteiger partial charge in [-0.2, -0.15) is 5.26 Å². The number of nitrogens with zero attached hydrogens (tertiary/aromatic N) is 2. The maximum atomic E-state index is 9.61. The number of fused-ring (bicyclic) bond motifs is 8. The summed E-state index contributed by atoms with van der Waals surface area (Å²) in [6.07, 6.45) is 0. The van der Waals surface area contributed by atoms with E-state index >= 15 is 0 Å². The van der Waals surface area contributed by atoms with Crippen LogP contribution in [0.4, 0.5) is 0 Å². The van der Waals surface area contributed by atoms with E-state index < -0.39 is 0 Å². The Morgan fingerprint density at radius 3 is 1.49 bits per heavy atom. The zero-order valence-corrected chi connectivity index (χ0v) is 25.6. The molecule has 0 saturated heterocycles. The highest BCUT2D eigenvalue weighted by molar-refractivity contribution is 6.27. The molecular formula is C41H34N2. The molecule has 2 aromatic heterocycles. The summed E-state index contributed by atoms with van der Waals surface area (Å²) >= 11 is 0. The Kier molecular flexibility index (Phi) is 5.44. The fourth-order valence-corrected chi connectivity index (χ4v) is 7.41. The van der Waals surface area contributed by atoms with Crippen molar-refractivity contribution in [1.82, 2.24) is 4.40 Å². The maximum Gasteiger partial charge on any atom is 0.0991 e. The molecular weight excluding hydrogens is 520 g/mol. The molecule has 0 amide bonds. The first-order chi connectivity index (χ1) is 20.7. The fraction of sp³-hybridized carbons (Fsp3) is 0.195. The third-order valence-corrected chi connectivity index (χ3v) is 9.64. The Hall–Kier alpha value is -4.87. The lowest BCUT2D eigenvalue weighted by Crippen LogP contribution is -1.91. The summed E-state index contributed by atoms with van der Waals surface area (Å²) in [6, 6.07) is 34.6. The van der Waals surface area contributed by atoms with E-state index in [4.69, 9.17) is 0 Å². The lowest BCUT2D eigenvalue weighted by Gasteiger charge is -2.12. The highest BCUT2D eigenvalue weighted by atomic mass is 14.9. The van der Waals surface area contributed by atoms with Crippen molar-refractivity contribution in [3.63, 3.8) is 0 Å². The van der Waals surface area contributed by atoms with Crippen LogP contribution in [0, 0.1) is 25.2 Å². The minimum absolute atomic E-state index is 0.484. The van der Waals surface area contributed by atoms with Crippen LogP contribution < -0.4 is 0 Å². The van der Waals surface area contributed by atoms with Gasteiger partial charge in [-0.1, -0.05) is 64.1 Å². The third kappa shape index (κ3) is 3.71. The molecule has 0 atom stereocenters. The minimum atomic E-state index is 0.484.